The molecular formula is C30H16N6S2. The molecule has 0 aliphatic carbocycles. The average Bonchev–Trinajstić information content (AvgIpc) is 2.95. The third-order valence-electron chi connectivity index (χ3n) is 6.68. The Morgan fingerprint density at radius 2 is 0.921 bits per heavy atom. The van der Waals surface area contributed by atoms with Gasteiger partial charge in [0.15, 0.2) is 0 Å². The van der Waals surface area contributed by atoms with E-state index >= 15 is 0 Å². The minimum atomic E-state index is 0.0263. The Kier molecular flexibility index (Phi) is 6.08. The third-order valence-corrected chi connectivity index (χ3v) is 7.56. The van der Waals surface area contributed by atoms with Gasteiger partial charge in [0.25, 0.3) is 0 Å². The Morgan fingerprint density at radius 1 is 0.579 bits per heavy atom. The van der Waals surface area contributed by atoms with Crippen LogP contribution >= 0.6 is 24.4 Å². The summed E-state index contributed by atoms with van der Waals surface area (Å²) >= 11 is 11.9. The van der Waals surface area contributed by atoms with E-state index in [9.17, 15) is 0 Å². The summed E-state index contributed by atoms with van der Waals surface area (Å²) in [6, 6.07) is 23.1. The van der Waals surface area contributed by atoms with E-state index in [-0.39, 0.29) is 11.1 Å². The highest BCUT2D eigenvalue weighted by Gasteiger charge is 2.13. The molecule has 0 unspecified atom stereocenters. The topological polar surface area (TPSA) is 105 Å². The quantitative estimate of drug-likeness (QED) is 0.136. The van der Waals surface area contributed by atoms with E-state index in [0.717, 1.165) is 54.7 Å². The van der Waals surface area contributed by atoms with Crippen molar-refractivity contribution in [2.75, 3.05) is 0 Å². The van der Waals surface area contributed by atoms with Crippen molar-refractivity contribution in [3.05, 3.63) is 79.8 Å². The summed E-state index contributed by atoms with van der Waals surface area (Å²) in [5, 5.41) is 40.0. The van der Waals surface area contributed by atoms with E-state index in [4.69, 9.17) is 45.5 Å². The number of allylic oxidation sites excluding steroid dienone is 2. The first-order valence-electron chi connectivity index (χ1n) is 11.4. The Bertz CT molecular complexity index is 2040. The summed E-state index contributed by atoms with van der Waals surface area (Å²) < 4.78 is 5.47. The Balaban J connectivity index is 1.86. The number of pyridine rings is 2. The highest BCUT2D eigenvalue weighted by atomic mass is 32.1. The Morgan fingerprint density at radius 3 is 1.26 bits per heavy atom. The summed E-state index contributed by atoms with van der Waals surface area (Å²) in [5.74, 6) is 0. The zero-order valence-electron chi connectivity index (χ0n) is 20.3. The van der Waals surface area contributed by atoms with Gasteiger partial charge in [-0.15, -0.1) is 0 Å². The summed E-state index contributed by atoms with van der Waals surface area (Å²) in [5.41, 5.74) is 5.18. The maximum Gasteiger partial charge on any atom is 0.130 e. The van der Waals surface area contributed by atoms with E-state index in [1.807, 2.05) is 74.8 Å². The molecule has 0 saturated carbocycles. The Hall–Kier alpha value is -5.12. The van der Waals surface area contributed by atoms with Gasteiger partial charge in [-0.1, -0.05) is 36.6 Å². The SMILES string of the molecule is Cn1c2ccc(C=C(C#N)C#N)cc2c(=S)c2cc3c(cc21)c(=S)c1cc(C=C(C#N)C#N)ccc1n3C. The Labute approximate surface area is 228 Å². The van der Waals surface area contributed by atoms with Crippen molar-refractivity contribution in [3.8, 4) is 24.3 Å². The predicted molar refractivity (Wildman–Crippen MR) is 154 cm³/mol. The fourth-order valence-corrected chi connectivity index (χ4v) is 5.45. The molecule has 0 saturated heterocycles. The van der Waals surface area contributed by atoms with Crippen molar-refractivity contribution in [2.24, 2.45) is 14.1 Å². The molecule has 0 radical (unpaired) electrons. The van der Waals surface area contributed by atoms with Crippen LogP contribution < -0.4 is 0 Å². The van der Waals surface area contributed by atoms with Crippen molar-refractivity contribution >= 4 is 80.2 Å². The molecule has 3 aromatic carbocycles. The van der Waals surface area contributed by atoms with Crippen molar-refractivity contribution in [1.29, 1.82) is 21.0 Å². The molecule has 0 fully saturated rings. The number of aromatic nitrogens is 2. The van der Waals surface area contributed by atoms with Crippen molar-refractivity contribution in [2.45, 2.75) is 0 Å². The molecule has 6 nitrogen and oxygen atoms in total. The first-order chi connectivity index (χ1) is 18.3. The highest BCUT2D eigenvalue weighted by Crippen LogP contribution is 2.33. The fourth-order valence-electron chi connectivity index (χ4n) is 4.79. The van der Waals surface area contributed by atoms with Gasteiger partial charge < -0.3 is 9.13 Å². The number of hydrogen-bond acceptors (Lipinski definition) is 6. The van der Waals surface area contributed by atoms with Gasteiger partial charge in [0.2, 0.25) is 0 Å². The van der Waals surface area contributed by atoms with E-state index in [2.05, 4.69) is 21.3 Å². The molecule has 0 spiro atoms. The van der Waals surface area contributed by atoms with E-state index in [1.165, 1.54) is 0 Å². The number of benzene rings is 3. The number of fused-ring (bicyclic) bond motifs is 4. The summed E-state index contributed by atoms with van der Waals surface area (Å²) in [7, 11) is 3.93. The van der Waals surface area contributed by atoms with Gasteiger partial charge in [-0.05, 0) is 59.7 Å². The minimum Gasteiger partial charge on any atom is -0.344 e. The van der Waals surface area contributed by atoms with Crippen molar-refractivity contribution in [3.63, 3.8) is 0 Å². The molecule has 8 heteroatoms. The molecule has 5 rings (SSSR count). The van der Waals surface area contributed by atoms with Crippen LogP contribution in [-0.4, -0.2) is 9.13 Å². The first-order valence-corrected chi connectivity index (χ1v) is 12.2. The molecular weight excluding hydrogens is 509 g/mol. The second-order valence-corrected chi connectivity index (χ2v) is 9.60. The largest absolute Gasteiger partial charge is 0.344 e. The van der Waals surface area contributed by atoms with Crippen LogP contribution in [0.5, 0.6) is 0 Å². The van der Waals surface area contributed by atoms with Crippen LogP contribution in [0.4, 0.5) is 0 Å². The van der Waals surface area contributed by atoms with Crippen LogP contribution in [0.1, 0.15) is 11.1 Å². The van der Waals surface area contributed by atoms with Gasteiger partial charge >= 0.3 is 0 Å². The van der Waals surface area contributed by atoms with Crippen LogP contribution in [0, 0.1) is 54.3 Å². The number of nitriles is 4. The molecule has 0 bridgehead atoms. The predicted octanol–water partition coefficient (Wildman–Crippen LogP) is 7.30. The molecule has 0 atom stereocenters. The smallest absolute Gasteiger partial charge is 0.130 e. The summed E-state index contributed by atoms with van der Waals surface area (Å²) in [6.45, 7) is 0. The minimum absolute atomic E-state index is 0.0263. The molecule has 0 N–H and O–H groups in total. The average molecular weight is 525 g/mol. The van der Waals surface area contributed by atoms with Crippen LogP contribution in [0.25, 0.3) is 55.8 Å². The van der Waals surface area contributed by atoms with Gasteiger partial charge in [0.05, 0.1) is 20.1 Å². The normalized spacial score (nSPS) is 10.5. The van der Waals surface area contributed by atoms with Crippen molar-refractivity contribution in [1.82, 2.24) is 9.13 Å². The fraction of sp³-hybridized carbons (Fsp3) is 0.0667. The monoisotopic (exact) mass is 524 g/mol. The second kappa shape index (κ2) is 9.40. The number of hydrogen-bond donors (Lipinski definition) is 0. The third kappa shape index (κ3) is 3.83. The van der Waals surface area contributed by atoms with E-state index in [1.54, 1.807) is 12.2 Å². The van der Waals surface area contributed by atoms with E-state index in [0.29, 0.717) is 9.02 Å². The van der Waals surface area contributed by atoms with Crippen LogP contribution in [0.3, 0.4) is 0 Å². The molecule has 0 aliphatic heterocycles. The first kappa shape index (κ1) is 24.6. The van der Waals surface area contributed by atoms with E-state index < -0.39 is 0 Å². The number of aryl methyl sites for hydroxylation is 2. The van der Waals surface area contributed by atoms with Crippen molar-refractivity contribution < 1.29 is 0 Å². The maximum atomic E-state index is 9.14. The zero-order valence-corrected chi connectivity index (χ0v) is 21.9. The molecule has 0 amide bonds. The van der Waals surface area contributed by atoms with Crippen LogP contribution in [0.2, 0.25) is 0 Å². The molecule has 5 aromatic rings. The van der Waals surface area contributed by atoms with Gasteiger partial charge in [-0.3, -0.25) is 0 Å². The molecule has 2 aromatic heterocycles. The lowest BCUT2D eigenvalue weighted by molar-refractivity contribution is 0.995. The lowest BCUT2D eigenvalue weighted by Crippen LogP contribution is -2.01. The number of rotatable bonds is 2. The molecule has 38 heavy (non-hydrogen) atoms. The lowest BCUT2D eigenvalue weighted by Gasteiger charge is -2.16. The summed E-state index contributed by atoms with van der Waals surface area (Å²) in [6.07, 6.45) is 3.10. The van der Waals surface area contributed by atoms with Crippen LogP contribution in [-0.2, 0) is 14.1 Å². The zero-order chi connectivity index (χ0) is 27.1. The standard InChI is InChI=1S/C30H16N6S2/c1-35-25-5-3-17(7-19(13-31)14-32)9-21(25)29(37)23-12-28-24(11-27(23)35)30(38)22-10-18(8-20(15-33)16-34)4-6-26(22)36(28)2/h3-12H,1-2H3. The molecule has 178 valence electrons. The van der Waals surface area contributed by atoms with Crippen LogP contribution in [0.15, 0.2) is 59.7 Å². The van der Waals surface area contributed by atoms with Gasteiger partial charge in [-0.2, -0.15) is 21.0 Å². The maximum absolute atomic E-state index is 9.14. The second-order valence-electron chi connectivity index (χ2n) is 8.78. The molecule has 0 aliphatic rings. The number of nitrogens with zero attached hydrogens (tertiary/aromatic N) is 6. The summed E-state index contributed by atoms with van der Waals surface area (Å²) in [4.78, 5) is 0. The lowest BCUT2D eigenvalue weighted by atomic mass is 10.0. The van der Waals surface area contributed by atoms with Gasteiger partial charge in [0, 0.05) is 46.7 Å². The van der Waals surface area contributed by atoms with Gasteiger partial charge in [0.1, 0.15) is 35.4 Å². The van der Waals surface area contributed by atoms with Gasteiger partial charge in [-0.25, -0.2) is 0 Å². The highest BCUT2D eigenvalue weighted by molar-refractivity contribution is 7.72. The molecule has 2 heterocycles.